The monoisotopic (exact) mass is 404 g/mol. The van der Waals surface area contributed by atoms with Crippen LogP contribution in [0.15, 0.2) is 54.6 Å². The maximum atomic E-state index is 12.2. The van der Waals surface area contributed by atoms with Gasteiger partial charge in [-0.25, -0.2) is 9.48 Å². The molecule has 1 aromatic heterocycles. The summed E-state index contributed by atoms with van der Waals surface area (Å²) in [6.45, 7) is 10.7. The number of carbonyl (C=O) groups is 1. The van der Waals surface area contributed by atoms with Crippen LogP contribution in [0.2, 0.25) is 0 Å². The van der Waals surface area contributed by atoms with Crippen LogP contribution < -0.4 is 0 Å². The normalized spacial score (nSPS) is 12.7. The fourth-order valence-electron chi connectivity index (χ4n) is 3.87. The first-order valence-corrected chi connectivity index (χ1v) is 10.7. The minimum Gasteiger partial charge on any atom is -0.478 e. The van der Waals surface area contributed by atoms with E-state index in [0.29, 0.717) is 24.1 Å². The fourth-order valence-corrected chi connectivity index (χ4v) is 3.87. The van der Waals surface area contributed by atoms with Crippen molar-refractivity contribution in [2.24, 2.45) is 0 Å². The van der Waals surface area contributed by atoms with E-state index in [1.807, 2.05) is 35.0 Å². The molecular formula is C26H32N2O2. The summed E-state index contributed by atoms with van der Waals surface area (Å²) in [5.74, 6) is -0.711. The lowest BCUT2D eigenvalue weighted by Gasteiger charge is -2.19. The molecule has 1 atom stereocenters. The lowest BCUT2D eigenvalue weighted by Crippen LogP contribution is -2.11. The Labute approximate surface area is 179 Å². The van der Waals surface area contributed by atoms with Gasteiger partial charge in [-0.15, -0.1) is 0 Å². The molecule has 30 heavy (non-hydrogen) atoms. The number of aromatic nitrogens is 2. The molecule has 0 aliphatic rings. The summed E-state index contributed by atoms with van der Waals surface area (Å²) in [6, 6.07) is 18.5. The third-order valence-corrected chi connectivity index (χ3v) is 5.60. The molecule has 0 spiro atoms. The second-order valence-corrected chi connectivity index (χ2v) is 9.05. The molecule has 0 saturated carbocycles. The van der Waals surface area contributed by atoms with Crippen LogP contribution in [0.4, 0.5) is 0 Å². The van der Waals surface area contributed by atoms with Gasteiger partial charge in [-0.05, 0) is 47.4 Å². The highest BCUT2D eigenvalue weighted by Gasteiger charge is 2.25. The standard InChI is InChI=1S/C26H32N2O2/c1-6-10-23-24(25(29)30)22(17-18(2)19-11-8-7-9-12-19)27-28(23)21-15-13-20(14-16-21)26(3,4)5/h7-9,11-16,18H,6,10,17H2,1-5H3,(H,29,30). The van der Waals surface area contributed by atoms with E-state index < -0.39 is 5.97 Å². The van der Waals surface area contributed by atoms with Crippen molar-refractivity contribution in [1.82, 2.24) is 9.78 Å². The Hall–Kier alpha value is -2.88. The number of aromatic carboxylic acids is 1. The van der Waals surface area contributed by atoms with Crippen molar-refractivity contribution < 1.29 is 9.90 Å². The van der Waals surface area contributed by atoms with E-state index >= 15 is 0 Å². The molecule has 0 aliphatic carbocycles. The second kappa shape index (κ2) is 8.86. The summed E-state index contributed by atoms with van der Waals surface area (Å²) in [4.78, 5) is 12.2. The quantitative estimate of drug-likeness (QED) is 0.512. The Morgan fingerprint density at radius 3 is 2.23 bits per heavy atom. The molecule has 0 aliphatic heterocycles. The number of hydrogen-bond acceptors (Lipinski definition) is 2. The van der Waals surface area contributed by atoms with Gasteiger partial charge in [0.05, 0.1) is 17.1 Å². The third kappa shape index (κ3) is 4.64. The van der Waals surface area contributed by atoms with Crippen LogP contribution in [0.25, 0.3) is 5.69 Å². The summed E-state index contributed by atoms with van der Waals surface area (Å²) < 4.78 is 1.84. The molecule has 0 bridgehead atoms. The topological polar surface area (TPSA) is 55.1 Å². The molecule has 0 saturated heterocycles. The zero-order valence-corrected chi connectivity index (χ0v) is 18.6. The van der Waals surface area contributed by atoms with E-state index in [9.17, 15) is 9.90 Å². The predicted molar refractivity (Wildman–Crippen MR) is 122 cm³/mol. The van der Waals surface area contributed by atoms with Crippen molar-refractivity contribution in [3.8, 4) is 5.69 Å². The SMILES string of the molecule is CCCc1c(C(=O)O)c(CC(C)c2ccccc2)nn1-c1ccc(C(C)(C)C)cc1. The first kappa shape index (κ1) is 21.8. The van der Waals surface area contributed by atoms with Gasteiger partial charge in [0.15, 0.2) is 0 Å². The molecule has 3 aromatic rings. The minimum atomic E-state index is -0.897. The number of nitrogens with zero attached hydrogens (tertiary/aromatic N) is 2. The highest BCUT2D eigenvalue weighted by Crippen LogP contribution is 2.28. The molecular weight excluding hydrogens is 372 g/mol. The third-order valence-electron chi connectivity index (χ3n) is 5.60. The van der Waals surface area contributed by atoms with Crippen LogP contribution in [0.1, 0.15) is 79.8 Å². The number of rotatable bonds is 7. The predicted octanol–water partition coefficient (Wildman–Crippen LogP) is 6.17. The maximum absolute atomic E-state index is 12.2. The van der Waals surface area contributed by atoms with Crippen LogP contribution in [0.5, 0.6) is 0 Å². The molecule has 3 rings (SSSR count). The molecule has 1 heterocycles. The molecule has 0 radical (unpaired) electrons. The van der Waals surface area contributed by atoms with E-state index in [1.54, 1.807) is 0 Å². The average Bonchev–Trinajstić information content (AvgIpc) is 3.06. The molecule has 158 valence electrons. The molecule has 2 aromatic carbocycles. The molecule has 0 fully saturated rings. The molecule has 0 amide bonds. The number of benzene rings is 2. The van der Waals surface area contributed by atoms with Crippen molar-refractivity contribution in [2.45, 2.75) is 65.2 Å². The van der Waals surface area contributed by atoms with Crippen LogP contribution in [-0.2, 0) is 18.3 Å². The van der Waals surface area contributed by atoms with Gasteiger partial charge in [0.25, 0.3) is 0 Å². The van der Waals surface area contributed by atoms with Gasteiger partial charge in [0.2, 0.25) is 0 Å². The van der Waals surface area contributed by atoms with Crippen molar-refractivity contribution in [3.05, 3.63) is 82.7 Å². The summed E-state index contributed by atoms with van der Waals surface area (Å²) in [7, 11) is 0. The largest absolute Gasteiger partial charge is 0.478 e. The Balaban J connectivity index is 2.05. The smallest absolute Gasteiger partial charge is 0.339 e. The Morgan fingerprint density at radius 2 is 1.70 bits per heavy atom. The van der Waals surface area contributed by atoms with Crippen LogP contribution in [-0.4, -0.2) is 20.9 Å². The lowest BCUT2D eigenvalue weighted by atomic mass is 9.87. The maximum Gasteiger partial charge on any atom is 0.339 e. The first-order valence-electron chi connectivity index (χ1n) is 10.7. The van der Waals surface area contributed by atoms with E-state index in [4.69, 9.17) is 5.10 Å². The zero-order valence-electron chi connectivity index (χ0n) is 18.6. The highest BCUT2D eigenvalue weighted by atomic mass is 16.4. The van der Waals surface area contributed by atoms with Crippen molar-refractivity contribution in [2.75, 3.05) is 0 Å². The average molecular weight is 405 g/mol. The number of hydrogen-bond donors (Lipinski definition) is 1. The van der Waals surface area contributed by atoms with Crippen LogP contribution in [0.3, 0.4) is 0 Å². The van der Waals surface area contributed by atoms with Crippen LogP contribution in [0, 0.1) is 0 Å². The van der Waals surface area contributed by atoms with Crippen LogP contribution >= 0.6 is 0 Å². The van der Waals surface area contributed by atoms with E-state index in [1.165, 1.54) is 11.1 Å². The van der Waals surface area contributed by atoms with Gasteiger partial charge in [-0.3, -0.25) is 0 Å². The summed E-state index contributed by atoms with van der Waals surface area (Å²) in [5.41, 5.74) is 5.21. The van der Waals surface area contributed by atoms with Gasteiger partial charge >= 0.3 is 5.97 Å². The molecule has 4 nitrogen and oxygen atoms in total. The van der Waals surface area contributed by atoms with Gasteiger partial charge in [0, 0.05) is 0 Å². The zero-order chi connectivity index (χ0) is 21.9. The van der Waals surface area contributed by atoms with E-state index in [2.05, 4.69) is 58.9 Å². The number of carboxylic acids is 1. The van der Waals surface area contributed by atoms with Gasteiger partial charge in [0.1, 0.15) is 5.56 Å². The second-order valence-electron chi connectivity index (χ2n) is 9.05. The van der Waals surface area contributed by atoms with Gasteiger partial charge in [-0.2, -0.15) is 5.10 Å². The van der Waals surface area contributed by atoms with Crippen molar-refractivity contribution >= 4 is 5.97 Å². The highest BCUT2D eigenvalue weighted by molar-refractivity contribution is 5.90. The Kier molecular flexibility index (Phi) is 6.45. The Bertz CT molecular complexity index is 996. The summed E-state index contributed by atoms with van der Waals surface area (Å²) in [5, 5.41) is 14.8. The molecule has 1 N–H and O–H groups in total. The summed E-state index contributed by atoms with van der Waals surface area (Å²) in [6.07, 6.45) is 2.13. The van der Waals surface area contributed by atoms with E-state index in [0.717, 1.165) is 17.8 Å². The Morgan fingerprint density at radius 1 is 1.07 bits per heavy atom. The molecule has 4 heteroatoms. The van der Waals surface area contributed by atoms with Gasteiger partial charge < -0.3 is 5.11 Å². The first-order chi connectivity index (χ1) is 14.2. The van der Waals surface area contributed by atoms with E-state index in [-0.39, 0.29) is 11.3 Å². The van der Waals surface area contributed by atoms with Gasteiger partial charge in [-0.1, -0.05) is 83.5 Å². The van der Waals surface area contributed by atoms with Crippen molar-refractivity contribution in [3.63, 3.8) is 0 Å². The number of carboxylic acid groups (broad SMARTS) is 1. The fraction of sp³-hybridized carbons (Fsp3) is 0.385. The molecule has 1 unspecified atom stereocenters. The van der Waals surface area contributed by atoms with Crippen molar-refractivity contribution in [1.29, 1.82) is 0 Å². The minimum absolute atomic E-state index is 0.0669. The summed E-state index contributed by atoms with van der Waals surface area (Å²) >= 11 is 0. The lowest BCUT2D eigenvalue weighted by molar-refractivity contribution is 0.0694.